The number of rotatable bonds is 9. The van der Waals surface area contributed by atoms with Gasteiger partial charge in [-0.3, -0.25) is 9.59 Å². The Morgan fingerprint density at radius 2 is 1.61 bits per heavy atom. The molecule has 2 atom stereocenters. The van der Waals surface area contributed by atoms with E-state index in [0.29, 0.717) is 46.5 Å². The molecule has 36 heavy (non-hydrogen) atoms. The number of hydrogen-bond donors (Lipinski definition) is 3. The molecule has 0 radical (unpaired) electrons. The summed E-state index contributed by atoms with van der Waals surface area (Å²) in [4.78, 5) is 27.0. The first kappa shape index (κ1) is 29.3. The van der Waals surface area contributed by atoms with Gasteiger partial charge in [-0.1, -0.05) is 44.2 Å². The van der Waals surface area contributed by atoms with Crippen molar-refractivity contribution in [2.24, 2.45) is 5.92 Å². The highest BCUT2D eigenvalue weighted by Crippen LogP contribution is 2.32. The van der Waals surface area contributed by atoms with Gasteiger partial charge < -0.3 is 25.3 Å². The van der Waals surface area contributed by atoms with Crippen LogP contribution in [0, 0.1) is 5.92 Å². The summed E-state index contributed by atoms with van der Waals surface area (Å²) < 4.78 is 13.8. The summed E-state index contributed by atoms with van der Waals surface area (Å²) in [5.41, 5.74) is 1.35. The van der Waals surface area contributed by atoms with E-state index >= 15 is 0 Å². The molecule has 1 saturated heterocycles. The molecule has 0 aromatic heterocycles. The summed E-state index contributed by atoms with van der Waals surface area (Å²) >= 11 is 10.4. The smallest absolute Gasteiger partial charge is 0.408 e. The SMILES string of the molecule is CC(C)C[C@H](NC(=O)[C@H](Cc1ccccc1)NC(=O)c1c(Br)ccc(Br)c1Br)B1OCCNCCO1. The van der Waals surface area contributed by atoms with E-state index in [-0.39, 0.29) is 17.8 Å². The van der Waals surface area contributed by atoms with Crippen molar-refractivity contribution in [3.05, 3.63) is 67.0 Å². The van der Waals surface area contributed by atoms with Crippen molar-refractivity contribution in [3.63, 3.8) is 0 Å². The summed E-state index contributed by atoms with van der Waals surface area (Å²) in [6.45, 7) is 6.62. The Kier molecular flexibility index (Phi) is 11.9. The van der Waals surface area contributed by atoms with Crippen LogP contribution in [-0.2, 0) is 20.5 Å². The van der Waals surface area contributed by atoms with Gasteiger partial charge in [-0.15, -0.1) is 0 Å². The topological polar surface area (TPSA) is 88.7 Å². The standard InChI is InChI=1S/C25H31BBr3N3O4/c1-16(2)14-21(26-35-12-10-30-11-13-36-26)32-24(33)20(15-17-6-4-3-5-7-17)31-25(34)22-18(27)8-9-19(28)23(22)29/h3-9,16,20-21,30H,10-15H2,1-2H3,(H,31,34)(H,32,33)/t20-,21-/m0/s1. The molecule has 0 saturated carbocycles. The zero-order valence-electron chi connectivity index (χ0n) is 20.4. The number of carbonyl (C=O) groups excluding carboxylic acids is 2. The number of halogens is 3. The fourth-order valence-electron chi connectivity index (χ4n) is 3.95. The minimum atomic E-state index is -0.803. The van der Waals surface area contributed by atoms with Gasteiger partial charge in [0.15, 0.2) is 0 Å². The second kappa shape index (κ2) is 14.6. The molecule has 11 heteroatoms. The van der Waals surface area contributed by atoms with Crippen LogP contribution in [0.1, 0.15) is 36.2 Å². The fourth-order valence-corrected chi connectivity index (χ4v) is 5.59. The van der Waals surface area contributed by atoms with Gasteiger partial charge in [-0.2, -0.15) is 0 Å². The maximum Gasteiger partial charge on any atom is 0.480 e. The Hall–Kier alpha value is -1.24. The maximum absolute atomic E-state index is 13.7. The zero-order valence-corrected chi connectivity index (χ0v) is 25.1. The first-order chi connectivity index (χ1) is 17.3. The second-order valence-electron chi connectivity index (χ2n) is 9.04. The summed E-state index contributed by atoms with van der Waals surface area (Å²) in [6.07, 6.45) is 1.02. The van der Waals surface area contributed by atoms with Crippen molar-refractivity contribution >= 4 is 66.7 Å². The Morgan fingerprint density at radius 3 is 2.25 bits per heavy atom. The van der Waals surface area contributed by atoms with Gasteiger partial charge in [-0.05, 0) is 77.8 Å². The second-order valence-corrected chi connectivity index (χ2v) is 11.5. The van der Waals surface area contributed by atoms with E-state index in [4.69, 9.17) is 9.31 Å². The van der Waals surface area contributed by atoms with E-state index in [2.05, 4.69) is 77.6 Å². The van der Waals surface area contributed by atoms with Gasteiger partial charge in [0.2, 0.25) is 5.91 Å². The van der Waals surface area contributed by atoms with Gasteiger partial charge in [0, 0.05) is 46.1 Å². The highest BCUT2D eigenvalue weighted by atomic mass is 79.9. The number of nitrogens with one attached hydrogen (secondary N) is 3. The minimum absolute atomic E-state index is 0.285. The highest BCUT2D eigenvalue weighted by Gasteiger charge is 2.35. The molecule has 3 rings (SSSR count). The number of amides is 2. The molecule has 1 aliphatic rings. The first-order valence-corrected chi connectivity index (χ1v) is 14.4. The molecule has 194 valence electrons. The van der Waals surface area contributed by atoms with Gasteiger partial charge in [0.1, 0.15) is 6.04 Å². The average Bonchev–Trinajstić information content (AvgIpc) is 2.81. The Labute approximate surface area is 238 Å². The minimum Gasteiger partial charge on any atom is -0.408 e. The van der Waals surface area contributed by atoms with Crippen molar-refractivity contribution < 1.29 is 18.9 Å². The molecule has 1 aliphatic heterocycles. The van der Waals surface area contributed by atoms with Crippen molar-refractivity contribution in [2.45, 2.75) is 38.7 Å². The van der Waals surface area contributed by atoms with Crippen molar-refractivity contribution in [1.82, 2.24) is 16.0 Å². The molecule has 0 bridgehead atoms. The lowest BCUT2D eigenvalue weighted by Gasteiger charge is -2.29. The molecule has 2 aromatic carbocycles. The molecular formula is C25H31BBr3N3O4. The molecule has 1 heterocycles. The summed E-state index contributed by atoms with van der Waals surface area (Å²) in [5, 5.41) is 9.31. The van der Waals surface area contributed by atoms with Crippen LogP contribution in [-0.4, -0.2) is 57.2 Å². The van der Waals surface area contributed by atoms with Crippen molar-refractivity contribution in [2.75, 3.05) is 26.3 Å². The predicted molar refractivity (Wildman–Crippen MR) is 153 cm³/mol. The number of hydrogen-bond acceptors (Lipinski definition) is 5. The van der Waals surface area contributed by atoms with Crippen LogP contribution in [0.5, 0.6) is 0 Å². The van der Waals surface area contributed by atoms with Gasteiger partial charge >= 0.3 is 7.12 Å². The zero-order chi connectivity index (χ0) is 26.1. The Balaban J connectivity index is 1.84. The third kappa shape index (κ3) is 8.67. The van der Waals surface area contributed by atoms with Crippen LogP contribution >= 0.6 is 47.8 Å². The normalized spacial score (nSPS) is 16.1. The van der Waals surface area contributed by atoms with Gasteiger partial charge in [-0.25, -0.2) is 0 Å². The molecule has 3 N–H and O–H groups in total. The van der Waals surface area contributed by atoms with E-state index in [1.54, 1.807) is 6.07 Å². The molecule has 2 aromatic rings. The van der Waals surface area contributed by atoms with E-state index in [1.165, 1.54) is 0 Å². The third-order valence-corrected chi connectivity index (χ3v) is 8.36. The van der Waals surface area contributed by atoms with Gasteiger partial charge in [0.25, 0.3) is 5.91 Å². The van der Waals surface area contributed by atoms with Crippen molar-refractivity contribution in [3.8, 4) is 0 Å². The maximum atomic E-state index is 13.7. The number of carbonyl (C=O) groups is 2. The van der Waals surface area contributed by atoms with Crippen molar-refractivity contribution in [1.29, 1.82) is 0 Å². The monoisotopic (exact) mass is 685 g/mol. The third-order valence-electron chi connectivity index (χ3n) is 5.68. The molecular weight excluding hydrogens is 657 g/mol. The predicted octanol–water partition coefficient (Wildman–Crippen LogP) is 4.51. The van der Waals surface area contributed by atoms with Crippen LogP contribution in [0.2, 0.25) is 0 Å². The molecule has 0 spiro atoms. The van der Waals surface area contributed by atoms with Crippen LogP contribution in [0.15, 0.2) is 55.9 Å². The van der Waals surface area contributed by atoms with Crippen LogP contribution in [0.25, 0.3) is 0 Å². The lowest BCUT2D eigenvalue weighted by atomic mass is 9.73. The lowest BCUT2D eigenvalue weighted by Crippen LogP contribution is -2.57. The largest absolute Gasteiger partial charge is 0.480 e. The summed E-state index contributed by atoms with van der Waals surface area (Å²) in [6, 6.07) is 12.5. The average molecular weight is 688 g/mol. The molecule has 7 nitrogen and oxygen atoms in total. The highest BCUT2D eigenvalue weighted by molar-refractivity contribution is 9.13. The molecule has 0 unspecified atom stereocenters. The van der Waals surface area contributed by atoms with Crippen LogP contribution < -0.4 is 16.0 Å². The molecule has 1 fully saturated rings. The Morgan fingerprint density at radius 1 is 0.972 bits per heavy atom. The lowest BCUT2D eigenvalue weighted by molar-refractivity contribution is -0.123. The van der Waals surface area contributed by atoms with E-state index in [9.17, 15) is 9.59 Å². The molecule has 0 aliphatic carbocycles. The van der Waals surface area contributed by atoms with Gasteiger partial charge in [0.05, 0.1) is 11.5 Å². The summed E-state index contributed by atoms with van der Waals surface area (Å²) in [7, 11) is -0.556. The van der Waals surface area contributed by atoms with E-state index < -0.39 is 13.2 Å². The first-order valence-electron chi connectivity index (χ1n) is 12.0. The quantitative estimate of drug-likeness (QED) is 0.267. The van der Waals surface area contributed by atoms with E-state index in [1.807, 2.05) is 36.4 Å². The molecule has 2 amide bonds. The summed E-state index contributed by atoms with van der Waals surface area (Å²) in [5.74, 6) is -0.694. The fraction of sp³-hybridized carbons (Fsp3) is 0.440. The Bertz CT molecular complexity index is 1020. The van der Waals surface area contributed by atoms with E-state index in [0.717, 1.165) is 23.1 Å². The van der Waals surface area contributed by atoms with Crippen LogP contribution in [0.4, 0.5) is 0 Å². The van der Waals surface area contributed by atoms with Crippen LogP contribution in [0.3, 0.4) is 0 Å². The number of benzene rings is 2.